The Morgan fingerprint density at radius 1 is 0.946 bits per heavy atom. The van der Waals surface area contributed by atoms with Crippen LogP contribution >= 0.6 is 0 Å². The van der Waals surface area contributed by atoms with Gasteiger partial charge >= 0.3 is 11.9 Å². The maximum atomic E-state index is 14.4. The zero-order valence-electron chi connectivity index (χ0n) is 24.3. The molecular formula is C32H48O5. The monoisotopic (exact) mass is 512 g/mol. The van der Waals surface area contributed by atoms with Crippen LogP contribution < -0.4 is 0 Å². The van der Waals surface area contributed by atoms with E-state index in [1.54, 1.807) is 6.92 Å². The van der Waals surface area contributed by atoms with Crippen molar-refractivity contribution in [3.8, 4) is 0 Å². The number of hydrogen-bond donors (Lipinski definition) is 1. The molecule has 5 aliphatic carbocycles. The number of fused-ring (bicyclic) bond motifs is 7. The number of hydrogen-bond acceptors (Lipinski definition) is 4. The SMILES string of the molecule is CC(=O)O[C@H]1CC[C@@]2(C)C(CC[C@]3(C)C2C(=O)C=C2C4[C@@H](C)[C@@H](C)CC[C@]4(C)CC[C@@]23C)C1(C)C(=O)O. The standard InChI is InChI=1S/C32H48O5/c1-18-9-12-28(4)15-16-30(6)21(25(28)19(18)2)17-22(34)26-29(5)13-11-24(37-20(3)33)32(8,27(35)36)23(29)10-14-31(26,30)7/h17-19,23-26H,9-16H2,1-8H3,(H,35,36)/t18-,19-,23?,24-,25?,26?,28+,29-,30-,31+,32?/m0/s1. The molecule has 0 aliphatic heterocycles. The van der Waals surface area contributed by atoms with Crippen molar-refractivity contribution in [2.75, 3.05) is 0 Å². The molecule has 5 aliphatic rings. The van der Waals surface area contributed by atoms with Crippen molar-refractivity contribution >= 4 is 17.7 Å². The number of ether oxygens (including phenoxy) is 1. The van der Waals surface area contributed by atoms with Crippen LogP contribution in [0.3, 0.4) is 0 Å². The van der Waals surface area contributed by atoms with Gasteiger partial charge in [-0.15, -0.1) is 0 Å². The Bertz CT molecular complexity index is 1060. The molecule has 206 valence electrons. The normalized spacial score (nSPS) is 53.1. The number of carbonyl (C=O) groups is 3. The molecule has 0 radical (unpaired) electrons. The molecule has 11 atom stereocenters. The van der Waals surface area contributed by atoms with E-state index in [0.29, 0.717) is 30.6 Å². The van der Waals surface area contributed by atoms with E-state index in [0.717, 1.165) is 19.3 Å². The molecule has 4 unspecified atom stereocenters. The number of aliphatic carboxylic acids is 1. The van der Waals surface area contributed by atoms with Crippen molar-refractivity contribution in [3.63, 3.8) is 0 Å². The molecule has 1 N–H and O–H groups in total. The molecular weight excluding hydrogens is 464 g/mol. The Hall–Kier alpha value is -1.65. The average molecular weight is 513 g/mol. The highest BCUT2D eigenvalue weighted by atomic mass is 16.5. The lowest BCUT2D eigenvalue weighted by Gasteiger charge is -2.70. The second kappa shape index (κ2) is 8.18. The molecule has 5 heteroatoms. The first-order valence-electron chi connectivity index (χ1n) is 14.7. The van der Waals surface area contributed by atoms with Crippen molar-refractivity contribution in [2.45, 2.75) is 113 Å². The molecule has 0 aromatic rings. The summed E-state index contributed by atoms with van der Waals surface area (Å²) in [4.78, 5) is 39.1. The van der Waals surface area contributed by atoms with Crippen LogP contribution in [0.5, 0.6) is 0 Å². The van der Waals surface area contributed by atoms with E-state index in [4.69, 9.17) is 4.74 Å². The smallest absolute Gasteiger partial charge is 0.313 e. The van der Waals surface area contributed by atoms with E-state index in [-0.39, 0.29) is 33.9 Å². The van der Waals surface area contributed by atoms with Crippen molar-refractivity contribution in [2.24, 2.45) is 56.7 Å². The van der Waals surface area contributed by atoms with Gasteiger partial charge in [-0.2, -0.15) is 0 Å². The third-order valence-corrected chi connectivity index (χ3v) is 13.5. The first-order valence-corrected chi connectivity index (χ1v) is 14.7. The number of carbonyl (C=O) groups excluding carboxylic acids is 2. The van der Waals surface area contributed by atoms with Crippen LogP contribution in [0.15, 0.2) is 11.6 Å². The topological polar surface area (TPSA) is 80.7 Å². The Balaban J connectivity index is 1.62. The van der Waals surface area contributed by atoms with E-state index in [1.165, 1.54) is 31.8 Å². The van der Waals surface area contributed by atoms with Crippen LogP contribution in [-0.2, 0) is 19.1 Å². The van der Waals surface area contributed by atoms with Crippen molar-refractivity contribution in [1.29, 1.82) is 0 Å². The molecule has 0 bridgehead atoms. The van der Waals surface area contributed by atoms with E-state index >= 15 is 0 Å². The van der Waals surface area contributed by atoms with Crippen molar-refractivity contribution < 1.29 is 24.2 Å². The molecule has 0 heterocycles. The predicted octanol–water partition coefficient (Wildman–Crippen LogP) is 6.84. The number of ketones is 1. The summed E-state index contributed by atoms with van der Waals surface area (Å²) in [5.41, 5.74) is -0.280. The summed E-state index contributed by atoms with van der Waals surface area (Å²) < 4.78 is 5.63. The maximum absolute atomic E-state index is 14.4. The van der Waals surface area contributed by atoms with Crippen molar-refractivity contribution in [3.05, 3.63) is 11.6 Å². The summed E-state index contributed by atoms with van der Waals surface area (Å²) in [6.07, 6.45) is 8.96. The third-order valence-electron chi connectivity index (χ3n) is 13.5. The fourth-order valence-electron chi connectivity index (χ4n) is 11.0. The first-order chi connectivity index (χ1) is 17.1. The maximum Gasteiger partial charge on any atom is 0.313 e. The fourth-order valence-corrected chi connectivity index (χ4v) is 11.0. The minimum absolute atomic E-state index is 0.0680. The first kappa shape index (κ1) is 26.9. The molecule has 0 amide bonds. The minimum Gasteiger partial charge on any atom is -0.481 e. The van der Waals surface area contributed by atoms with Gasteiger partial charge in [-0.3, -0.25) is 14.4 Å². The highest BCUT2D eigenvalue weighted by Crippen LogP contribution is 2.75. The van der Waals surface area contributed by atoms with Gasteiger partial charge in [0.1, 0.15) is 11.5 Å². The van der Waals surface area contributed by atoms with Gasteiger partial charge in [-0.1, -0.05) is 47.1 Å². The van der Waals surface area contributed by atoms with Crippen LogP contribution in [0.4, 0.5) is 0 Å². The Labute approximate surface area is 223 Å². The van der Waals surface area contributed by atoms with Gasteiger partial charge in [0.15, 0.2) is 5.78 Å². The van der Waals surface area contributed by atoms with E-state index < -0.39 is 28.9 Å². The summed E-state index contributed by atoms with van der Waals surface area (Å²) in [5, 5.41) is 10.5. The zero-order chi connectivity index (χ0) is 27.3. The molecule has 5 rings (SSSR count). The van der Waals surface area contributed by atoms with Crippen molar-refractivity contribution in [1.82, 2.24) is 0 Å². The summed E-state index contributed by atoms with van der Waals surface area (Å²) in [6, 6.07) is 0. The van der Waals surface area contributed by atoms with Crippen LogP contribution in [0, 0.1) is 56.7 Å². The largest absolute Gasteiger partial charge is 0.481 e. The number of allylic oxidation sites excluding steroid dienone is 2. The number of carboxylic acid groups (broad SMARTS) is 1. The molecule has 0 saturated heterocycles. The summed E-state index contributed by atoms with van der Waals surface area (Å²) in [7, 11) is 0. The van der Waals surface area contributed by atoms with Gasteiger partial charge < -0.3 is 9.84 Å². The van der Waals surface area contributed by atoms with Gasteiger partial charge in [0.2, 0.25) is 0 Å². The second-order valence-corrected chi connectivity index (χ2v) is 15.0. The summed E-state index contributed by atoms with van der Waals surface area (Å²) in [5.74, 6) is 0.0756. The Kier molecular flexibility index (Phi) is 5.95. The molecule has 4 saturated carbocycles. The second-order valence-electron chi connectivity index (χ2n) is 15.0. The van der Waals surface area contributed by atoms with Crippen LogP contribution in [0.1, 0.15) is 107 Å². The van der Waals surface area contributed by atoms with Crippen LogP contribution in [0.2, 0.25) is 0 Å². The molecule has 0 spiro atoms. The molecule has 0 aromatic heterocycles. The quantitative estimate of drug-likeness (QED) is 0.410. The van der Waals surface area contributed by atoms with Gasteiger partial charge in [0.25, 0.3) is 0 Å². The highest BCUT2D eigenvalue weighted by molar-refractivity contribution is 5.96. The minimum atomic E-state index is -1.20. The zero-order valence-corrected chi connectivity index (χ0v) is 24.3. The van der Waals surface area contributed by atoms with E-state index in [1.807, 2.05) is 0 Å². The summed E-state index contributed by atoms with van der Waals surface area (Å²) >= 11 is 0. The fraction of sp³-hybridized carbons (Fsp3) is 0.844. The van der Waals surface area contributed by atoms with Crippen LogP contribution in [0.25, 0.3) is 0 Å². The van der Waals surface area contributed by atoms with Gasteiger partial charge in [-0.25, -0.2) is 0 Å². The lowest BCUT2D eigenvalue weighted by molar-refractivity contribution is -0.220. The Morgan fingerprint density at radius 3 is 2.24 bits per heavy atom. The van der Waals surface area contributed by atoms with E-state index in [2.05, 4.69) is 47.6 Å². The van der Waals surface area contributed by atoms with Gasteiger partial charge in [0.05, 0.1) is 0 Å². The van der Waals surface area contributed by atoms with Crippen LogP contribution in [-0.4, -0.2) is 28.9 Å². The van der Waals surface area contributed by atoms with E-state index in [9.17, 15) is 19.5 Å². The molecule has 4 fully saturated rings. The molecule has 5 nitrogen and oxygen atoms in total. The average Bonchev–Trinajstić information content (AvgIpc) is 2.79. The number of carboxylic acids is 1. The highest BCUT2D eigenvalue weighted by Gasteiger charge is 2.72. The lowest BCUT2D eigenvalue weighted by Crippen LogP contribution is -2.68. The molecule has 37 heavy (non-hydrogen) atoms. The van der Waals surface area contributed by atoms with Gasteiger partial charge in [0, 0.05) is 12.8 Å². The Morgan fingerprint density at radius 2 is 1.62 bits per heavy atom. The summed E-state index contributed by atoms with van der Waals surface area (Å²) in [6.45, 7) is 17.4. The number of esters is 1. The lowest BCUT2D eigenvalue weighted by atomic mass is 9.33. The predicted molar refractivity (Wildman–Crippen MR) is 143 cm³/mol. The third kappa shape index (κ3) is 3.30. The molecule has 0 aromatic carbocycles. The van der Waals surface area contributed by atoms with Gasteiger partial charge in [-0.05, 0) is 110 Å². The number of rotatable bonds is 2.